The van der Waals surface area contributed by atoms with E-state index in [0.29, 0.717) is 6.61 Å². The van der Waals surface area contributed by atoms with Crippen molar-refractivity contribution >= 4 is 52.3 Å². The van der Waals surface area contributed by atoms with Crippen molar-refractivity contribution < 1.29 is 9.47 Å². The number of rotatable bonds is 9. The van der Waals surface area contributed by atoms with Crippen molar-refractivity contribution in [2.45, 2.75) is 19.6 Å². The summed E-state index contributed by atoms with van der Waals surface area (Å²) in [5.74, 6) is 0.888. The lowest BCUT2D eigenvalue weighted by molar-refractivity contribution is 0.0374. The van der Waals surface area contributed by atoms with Gasteiger partial charge in [0.1, 0.15) is 12.4 Å². The van der Waals surface area contributed by atoms with E-state index < -0.39 is 0 Å². The lowest BCUT2D eigenvalue weighted by atomic mass is 10.2. The van der Waals surface area contributed by atoms with Crippen LogP contribution in [0.25, 0.3) is 0 Å². The molecule has 1 N–H and O–H groups in total. The summed E-state index contributed by atoms with van der Waals surface area (Å²) < 4.78 is 12.5. The largest absolute Gasteiger partial charge is 0.489 e. The van der Waals surface area contributed by atoms with Crippen molar-refractivity contribution in [3.05, 3.63) is 63.1 Å². The minimum atomic E-state index is 0. The molecule has 1 fully saturated rings. The van der Waals surface area contributed by atoms with E-state index in [1.807, 2.05) is 36.4 Å². The zero-order chi connectivity index (χ0) is 18.9. The van der Waals surface area contributed by atoms with Gasteiger partial charge in [0.2, 0.25) is 0 Å². The van der Waals surface area contributed by atoms with Gasteiger partial charge in [0.05, 0.1) is 13.2 Å². The number of benzene rings is 2. The Morgan fingerprint density at radius 3 is 2.59 bits per heavy atom. The van der Waals surface area contributed by atoms with E-state index in [0.717, 1.165) is 78.7 Å². The summed E-state index contributed by atoms with van der Waals surface area (Å²) in [6, 6.07) is 13.9. The first-order valence-corrected chi connectivity index (χ1v) is 10.5. The highest BCUT2D eigenvalue weighted by Gasteiger charge is 2.10. The second kappa shape index (κ2) is 14.5. The second-order valence-electron chi connectivity index (χ2n) is 6.62. The summed E-state index contributed by atoms with van der Waals surface area (Å²) in [5.41, 5.74) is 2.13. The molecule has 0 atom stereocenters. The third kappa shape index (κ3) is 9.01. The van der Waals surface area contributed by atoms with E-state index in [4.69, 9.17) is 21.1 Å². The van der Waals surface area contributed by atoms with Crippen LogP contribution in [0.4, 0.5) is 0 Å². The zero-order valence-corrected chi connectivity index (χ0v) is 20.2. The van der Waals surface area contributed by atoms with Crippen LogP contribution in [0.2, 0.25) is 5.02 Å². The average molecular weight is 527 g/mol. The molecule has 1 heterocycles. The van der Waals surface area contributed by atoms with Gasteiger partial charge >= 0.3 is 0 Å². The Balaban J connectivity index is 0.00000210. The van der Waals surface area contributed by atoms with Gasteiger partial charge in [0.25, 0.3) is 0 Å². The molecule has 1 saturated heterocycles. The molecule has 0 aromatic heterocycles. The van der Waals surface area contributed by atoms with Gasteiger partial charge in [0.15, 0.2) is 0 Å². The van der Waals surface area contributed by atoms with Gasteiger partial charge in [-0.1, -0.05) is 45.7 Å². The van der Waals surface area contributed by atoms with Crippen LogP contribution in [0.5, 0.6) is 5.75 Å². The van der Waals surface area contributed by atoms with Crippen LogP contribution < -0.4 is 10.1 Å². The van der Waals surface area contributed by atoms with Gasteiger partial charge in [-0.05, 0) is 43.8 Å². The number of nitrogens with zero attached hydrogens (tertiary/aromatic N) is 1. The molecule has 0 bridgehead atoms. The molecular weight excluding hydrogens is 499 g/mol. The predicted molar refractivity (Wildman–Crippen MR) is 128 cm³/mol. The van der Waals surface area contributed by atoms with Gasteiger partial charge in [-0.25, -0.2) is 0 Å². The van der Waals surface area contributed by atoms with E-state index in [9.17, 15) is 0 Å². The maximum absolute atomic E-state index is 6.23. The first kappa shape index (κ1) is 26.5. The molecule has 162 valence electrons. The van der Waals surface area contributed by atoms with Crippen molar-refractivity contribution in [1.82, 2.24) is 10.2 Å². The van der Waals surface area contributed by atoms with Crippen LogP contribution in [-0.2, 0) is 17.9 Å². The highest BCUT2D eigenvalue weighted by molar-refractivity contribution is 9.10. The first-order chi connectivity index (χ1) is 13.2. The molecule has 4 nitrogen and oxygen atoms in total. The third-order valence-electron chi connectivity index (χ3n) is 4.61. The highest BCUT2D eigenvalue weighted by atomic mass is 79.9. The van der Waals surface area contributed by atoms with Gasteiger partial charge in [0, 0.05) is 40.3 Å². The average Bonchev–Trinajstić information content (AvgIpc) is 2.69. The van der Waals surface area contributed by atoms with Crippen LogP contribution in [0.15, 0.2) is 46.9 Å². The molecule has 2 aromatic rings. The summed E-state index contributed by atoms with van der Waals surface area (Å²) >= 11 is 9.78. The monoisotopic (exact) mass is 524 g/mol. The van der Waals surface area contributed by atoms with Crippen LogP contribution >= 0.6 is 52.3 Å². The molecule has 0 aliphatic carbocycles. The van der Waals surface area contributed by atoms with Gasteiger partial charge in [-0.15, -0.1) is 24.8 Å². The molecule has 3 rings (SSSR count). The summed E-state index contributed by atoms with van der Waals surface area (Å²) in [7, 11) is 0. The maximum atomic E-state index is 6.23. The molecule has 0 amide bonds. The zero-order valence-electron chi connectivity index (χ0n) is 16.2. The molecule has 0 spiro atoms. The number of halogens is 4. The van der Waals surface area contributed by atoms with Crippen molar-refractivity contribution in [2.24, 2.45) is 0 Å². The van der Waals surface area contributed by atoms with Crippen LogP contribution in [0.3, 0.4) is 0 Å². The number of nitrogens with one attached hydrogen (secondary N) is 1. The summed E-state index contributed by atoms with van der Waals surface area (Å²) in [4.78, 5) is 2.46. The van der Waals surface area contributed by atoms with E-state index >= 15 is 0 Å². The molecular formula is C21H28BrCl3N2O2. The number of hydrogen-bond donors (Lipinski definition) is 1. The van der Waals surface area contributed by atoms with Crippen molar-refractivity contribution in [2.75, 3.05) is 39.4 Å². The fourth-order valence-corrected chi connectivity index (χ4v) is 3.67. The number of morpholine rings is 1. The van der Waals surface area contributed by atoms with Crippen molar-refractivity contribution in [3.8, 4) is 5.75 Å². The fourth-order valence-electron chi connectivity index (χ4n) is 3.07. The molecule has 0 saturated carbocycles. The Kier molecular flexibility index (Phi) is 13.2. The Labute approximate surface area is 199 Å². The molecule has 1 aliphatic rings. The van der Waals surface area contributed by atoms with Crippen LogP contribution in [0.1, 0.15) is 17.5 Å². The maximum Gasteiger partial charge on any atom is 0.124 e. The number of ether oxygens (including phenoxy) is 2. The molecule has 8 heteroatoms. The Bertz CT molecular complexity index is 731. The van der Waals surface area contributed by atoms with E-state index in [2.05, 4.69) is 32.2 Å². The molecule has 1 aliphatic heterocycles. The molecule has 0 radical (unpaired) electrons. The SMILES string of the molecule is Cl.Cl.Clc1ccccc1COc1ccc(Br)cc1CNCCCN1CCOCC1. The summed E-state index contributed by atoms with van der Waals surface area (Å²) in [5, 5.41) is 4.27. The van der Waals surface area contributed by atoms with E-state index in [1.165, 1.54) is 0 Å². The Morgan fingerprint density at radius 2 is 1.83 bits per heavy atom. The van der Waals surface area contributed by atoms with Crippen molar-refractivity contribution in [3.63, 3.8) is 0 Å². The van der Waals surface area contributed by atoms with Crippen LogP contribution in [0, 0.1) is 0 Å². The van der Waals surface area contributed by atoms with Gasteiger partial charge < -0.3 is 14.8 Å². The highest BCUT2D eigenvalue weighted by Crippen LogP contribution is 2.25. The summed E-state index contributed by atoms with van der Waals surface area (Å²) in [6.07, 6.45) is 1.13. The van der Waals surface area contributed by atoms with Crippen LogP contribution in [-0.4, -0.2) is 44.3 Å². The topological polar surface area (TPSA) is 33.7 Å². The smallest absolute Gasteiger partial charge is 0.124 e. The van der Waals surface area contributed by atoms with E-state index in [-0.39, 0.29) is 24.8 Å². The minimum absolute atomic E-state index is 0. The lowest BCUT2D eigenvalue weighted by Gasteiger charge is -2.26. The normalized spacial score (nSPS) is 14.0. The Hall–Kier alpha value is -0.530. The molecule has 0 unspecified atom stereocenters. The molecule has 2 aromatic carbocycles. The first-order valence-electron chi connectivity index (χ1n) is 9.38. The predicted octanol–water partition coefficient (Wildman–Crippen LogP) is 5.34. The molecule has 29 heavy (non-hydrogen) atoms. The standard InChI is InChI=1S/C21H26BrClN2O2.2ClH/c22-19-6-7-21(27-16-17-4-1-2-5-20(17)23)18(14-19)15-24-8-3-9-25-10-12-26-13-11-25;;/h1-2,4-7,14,24H,3,8-13,15-16H2;2*1H. The minimum Gasteiger partial charge on any atom is -0.489 e. The lowest BCUT2D eigenvalue weighted by Crippen LogP contribution is -2.37. The van der Waals surface area contributed by atoms with Gasteiger partial charge in [-0.3, -0.25) is 4.90 Å². The fraction of sp³-hybridized carbons (Fsp3) is 0.429. The second-order valence-corrected chi connectivity index (χ2v) is 7.94. The van der Waals surface area contributed by atoms with Crippen molar-refractivity contribution in [1.29, 1.82) is 0 Å². The quantitative estimate of drug-likeness (QED) is 0.448. The van der Waals surface area contributed by atoms with Gasteiger partial charge in [-0.2, -0.15) is 0 Å². The van der Waals surface area contributed by atoms with E-state index in [1.54, 1.807) is 0 Å². The summed E-state index contributed by atoms with van der Waals surface area (Å²) in [6.45, 7) is 7.15. The third-order valence-corrected chi connectivity index (χ3v) is 5.47. The Morgan fingerprint density at radius 1 is 1.07 bits per heavy atom. The number of hydrogen-bond acceptors (Lipinski definition) is 4.